The highest BCUT2D eigenvalue weighted by Crippen LogP contribution is 2.47. The molecule has 7 nitrogen and oxygen atoms in total. The minimum absolute atomic E-state index is 0.308. The maximum atomic E-state index is 12.7. The molecule has 0 saturated heterocycles. The number of fused-ring (bicyclic) bond motifs is 3. The number of Topliss-reactive ketones (excluding diaryl/α,β-unsaturated/α-hetero) is 1. The van der Waals surface area contributed by atoms with Gasteiger partial charge in [0.2, 0.25) is 0 Å². The normalized spacial score (nSPS) is 23.8. The van der Waals surface area contributed by atoms with E-state index in [4.69, 9.17) is 4.52 Å². The Balaban J connectivity index is 1.65. The van der Waals surface area contributed by atoms with Gasteiger partial charge in [-0.1, -0.05) is 11.6 Å². The summed E-state index contributed by atoms with van der Waals surface area (Å²) in [6.45, 7) is 0. The third-order valence-corrected chi connectivity index (χ3v) is 5.45. The lowest BCUT2D eigenvalue weighted by Crippen LogP contribution is -2.41. The number of nitrogens with zero attached hydrogens (tertiary/aromatic N) is 4. The van der Waals surface area contributed by atoms with Gasteiger partial charge in [0.1, 0.15) is 5.78 Å². The van der Waals surface area contributed by atoms with Crippen LogP contribution in [0, 0.1) is 0 Å². The summed E-state index contributed by atoms with van der Waals surface area (Å²) in [7, 11) is 0. The van der Waals surface area contributed by atoms with Crippen molar-refractivity contribution in [3.05, 3.63) is 23.7 Å². The molecule has 0 aliphatic heterocycles. The third kappa shape index (κ3) is 1.81. The summed E-state index contributed by atoms with van der Waals surface area (Å²) in [4.78, 5) is 21.6. The molecule has 0 unspecified atom stereocenters. The zero-order valence-electron chi connectivity index (χ0n) is 13.2. The Morgan fingerprint density at radius 2 is 2.04 bits per heavy atom. The van der Waals surface area contributed by atoms with E-state index in [-0.39, 0.29) is 0 Å². The van der Waals surface area contributed by atoms with Crippen LogP contribution in [0.25, 0.3) is 22.6 Å². The predicted molar refractivity (Wildman–Crippen MR) is 85.3 cm³/mol. The fourth-order valence-electron chi connectivity index (χ4n) is 4.22. The van der Waals surface area contributed by atoms with Gasteiger partial charge in [-0.3, -0.25) is 9.89 Å². The van der Waals surface area contributed by atoms with E-state index in [0.29, 0.717) is 29.4 Å². The monoisotopic (exact) mass is 323 g/mol. The molecular weight excluding hydrogens is 306 g/mol. The van der Waals surface area contributed by atoms with Crippen LogP contribution in [0.2, 0.25) is 0 Å². The van der Waals surface area contributed by atoms with E-state index in [2.05, 4.69) is 25.3 Å². The predicted octanol–water partition coefficient (Wildman–Crippen LogP) is 2.73. The number of H-pyrrole nitrogens is 1. The van der Waals surface area contributed by atoms with Crippen LogP contribution < -0.4 is 0 Å². The lowest BCUT2D eigenvalue weighted by Gasteiger charge is -2.36. The molecule has 7 heteroatoms. The van der Waals surface area contributed by atoms with Crippen LogP contribution in [0.3, 0.4) is 0 Å². The molecule has 3 heterocycles. The number of aromatic amines is 1. The topological polar surface area (TPSA) is 97.6 Å². The molecule has 1 atom stereocenters. The molecule has 3 aromatic heterocycles. The molecule has 0 aromatic carbocycles. The molecule has 2 aliphatic rings. The molecule has 0 bridgehead atoms. The van der Waals surface area contributed by atoms with Gasteiger partial charge in [0.05, 0.1) is 17.0 Å². The first-order valence-corrected chi connectivity index (χ1v) is 8.47. The standard InChI is InChI=1S/C17H17N5O2/c23-12-5-1-2-6-17(12)7-3-4-11-13(22-24-14(11)17)16-18-8-10-9-19-21-15(10)20-16/h8-9H,1-7H2,(H,18,19,20,21)/t17-/m1/s1. The van der Waals surface area contributed by atoms with E-state index in [1.807, 2.05) is 0 Å². The first-order chi connectivity index (χ1) is 11.8. The van der Waals surface area contributed by atoms with E-state index in [0.717, 1.165) is 55.2 Å². The summed E-state index contributed by atoms with van der Waals surface area (Å²) in [5.74, 6) is 1.60. The van der Waals surface area contributed by atoms with Crippen LogP contribution in [0.1, 0.15) is 49.8 Å². The van der Waals surface area contributed by atoms with Crippen LogP contribution in [0.5, 0.6) is 0 Å². The molecular formula is C17H17N5O2. The molecule has 24 heavy (non-hydrogen) atoms. The van der Waals surface area contributed by atoms with E-state index in [1.165, 1.54) is 0 Å². The summed E-state index contributed by atoms with van der Waals surface area (Å²) >= 11 is 0. The summed E-state index contributed by atoms with van der Waals surface area (Å²) in [5, 5.41) is 11.9. The first-order valence-electron chi connectivity index (χ1n) is 8.47. The molecule has 3 aromatic rings. The molecule has 122 valence electrons. The van der Waals surface area contributed by atoms with E-state index >= 15 is 0 Å². The number of hydrogen-bond acceptors (Lipinski definition) is 6. The SMILES string of the molecule is O=C1CCCC[C@@]12CCCc1c(-c3ncc4cn[nH]c4n3)noc12. The highest BCUT2D eigenvalue weighted by Gasteiger charge is 2.48. The fraction of sp³-hybridized carbons (Fsp3) is 0.471. The highest BCUT2D eigenvalue weighted by molar-refractivity contribution is 5.91. The number of carbonyl (C=O) groups is 1. The lowest BCUT2D eigenvalue weighted by molar-refractivity contribution is -0.128. The van der Waals surface area contributed by atoms with Crippen LogP contribution in [0.15, 0.2) is 16.9 Å². The molecule has 1 spiro atoms. The van der Waals surface area contributed by atoms with Gasteiger partial charge in [-0.25, -0.2) is 9.97 Å². The van der Waals surface area contributed by atoms with Gasteiger partial charge < -0.3 is 4.52 Å². The van der Waals surface area contributed by atoms with Gasteiger partial charge in [-0.15, -0.1) is 0 Å². The van der Waals surface area contributed by atoms with Crippen LogP contribution in [0.4, 0.5) is 0 Å². The number of nitrogens with one attached hydrogen (secondary N) is 1. The van der Waals surface area contributed by atoms with Gasteiger partial charge in [-0.05, 0) is 32.1 Å². The third-order valence-electron chi connectivity index (χ3n) is 5.45. The molecule has 1 saturated carbocycles. The van der Waals surface area contributed by atoms with E-state index in [9.17, 15) is 4.79 Å². The maximum Gasteiger partial charge on any atom is 0.184 e. The Morgan fingerprint density at radius 3 is 2.96 bits per heavy atom. The van der Waals surface area contributed by atoms with Crippen molar-refractivity contribution in [3.63, 3.8) is 0 Å². The second kappa shape index (κ2) is 4.96. The highest BCUT2D eigenvalue weighted by atomic mass is 16.5. The number of hydrogen-bond donors (Lipinski definition) is 1. The summed E-state index contributed by atoms with van der Waals surface area (Å²) in [6, 6.07) is 0. The average molecular weight is 323 g/mol. The van der Waals surface area contributed by atoms with Crippen molar-refractivity contribution in [3.8, 4) is 11.5 Å². The molecule has 0 radical (unpaired) electrons. The number of carbonyl (C=O) groups excluding carboxylic acids is 1. The molecule has 5 rings (SSSR count). The summed E-state index contributed by atoms with van der Waals surface area (Å²) in [6.07, 6.45) is 9.68. The lowest BCUT2D eigenvalue weighted by atomic mass is 9.64. The van der Waals surface area contributed by atoms with Crippen molar-refractivity contribution >= 4 is 16.8 Å². The van der Waals surface area contributed by atoms with Crippen molar-refractivity contribution in [2.45, 2.75) is 50.4 Å². The van der Waals surface area contributed by atoms with E-state index < -0.39 is 5.41 Å². The Hall–Kier alpha value is -2.57. The van der Waals surface area contributed by atoms with E-state index in [1.54, 1.807) is 12.4 Å². The van der Waals surface area contributed by atoms with Gasteiger partial charge in [0.15, 0.2) is 22.9 Å². The second-order valence-electron chi connectivity index (χ2n) is 6.77. The quantitative estimate of drug-likeness (QED) is 0.739. The largest absolute Gasteiger partial charge is 0.359 e. The Kier molecular flexibility index (Phi) is 2.86. The van der Waals surface area contributed by atoms with Crippen LogP contribution in [-0.4, -0.2) is 31.1 Å². The molecule has 2 aliphatic carbocycles. The smallest absolute Gasteiger partial charge is 0.184 e. The van der Waals surface area contributed by atoms with Crippen molar-refractivity contribution in [2.24, 2.45) is 0 Å². The number of aromatic nitrogens is 5. The van der Waals surface area contributed by atoms with Crippen molar-refractivity contribution < 1.29 is 9.32 Å². The van der Waals surface area contributed by atoms with Crippen molar-refractivity contribution in [2.75, 3.05) is 0 Å². The Morgan fingerprint density at radius 1 is 1.12 bits per heavy atom. The van der Waals surface area contributed by atoms with Crippen LogP contribution >= 0.6 is 0 Å². The molecule has 0 amide bonds. The number of rotatable bonds is 1. The second-order valence-corrected chi connectivity index (χ2v) is 6.77. The summed E-state index contributed by atoms with van der Waals surface area (Å²) < 4.78 is 5.72. The van der Waals surface area contributed by atoms with Gasteiger partial charge in [0, 0.05) is 18.2 Å². The number of ketones is 1. The minimum Gasteiger partial charge on any atom is -0.359 e. The molecule has 1 fully saturated rings. The van der Waals surface area contributed by atoms with Crippen molar-refractivity contribution in [1.82, 2.24) is 25.3 Å². The maximum absolute atomic E-state index is 12.7. The van der Waals surface area contributed by atoms with Gasteiger partial charge in [-0.2, -0.15) is 5.10 Å². The zero-order valence-corrected chi connectivity index (χ0v) is 13.2. The fourth-order valence-corrected chi connectivity index (χ4v) is 4.22. The first kappa shape index (κ1) is 13.8. The molecule has 1 N–H and O–H groups in total. The van der Waals surface area contributed by atoms with Crippen molar-refractivity contribution in [1.29, 1.82) is 0 Å². The van der Waals surface area contributed by atoms with Gasteiger partial charge in [0.25, 0.3) is 0 Å². The van der Waals surface area contributed by atoms with Gasteiger partial charge >= 0.3 is 0 Å². The van der Waals surface area contributed by atoms with Crippen LogP contribution in [-0.2, 0) is 16.6 Å². The Bertz CT molecular complexity index is 944. The minimum atomic E-state index is -0.463. The average Bonchev–Trinajstić information content (AvgIpc) is 3.24. The summed E-state index contributed by atoms with van der Waals surface area (Å²) in [5.41, 5.74) is 1.89. The Labute approximate surface area is 137 Å². The zero-order chi connectivity index (χ0) is 16.1.